The van der Waals surface area contributed by atoms with Crippen molar-refractivity contribution in [3.8, 4) is 0 Å². The largest absolute Gasteiger partial charge is 0.285 e. The van der Waals surface area contributed by atoms with Crippen molar-refractivity contribution >= 4 is 12.4 Å². The van der Waals surface area contributed by atoms with Crippen molar-refractivity contribution in [2.24, 2.45) is 0 Å². The van der Waals surface area contributed by atoms with Gasteiger partial charge in [-0.3, -0.25) is 4.79 Å². The predicted octanol–water partition coefficient (Wildman–Crippen LogP) is 2.52. The van der Waals surface area contributed by atoms with Crippen LogP contribution in [-0.2, 0) is 4.79 Å². The zero-order valence-corrected chi connectivity index (χ0v) is 7.10. The van der Waals surface area contributed by atoms with Gasteiger partial charge in [-0.1, -0.05) is 42.5 Å². The number of rotatable bonds is 3. The molecule has 0 bridgehead atoms. The molecule has 0 saturated carbocycles. The Balaban J connectivity index is 2.60. The summed E-state index contributed by atoms with van der Waals surface area (Å²) >= 11 is 0. The number of carbonyl (C=O) groups excluding carboxylic acids is 1. The molecule has 0 fully saturated rings. The van der Waals surface area contributed by atoms with Gasteiger partial charge in [-0.05, 0) is 11.6 Å². The quantitative estimate of drug-likeness (QED) is 0.386. The van der Waals surface area contributed by atoms with E-state index in [9.17, 15) is 4.79 Å². The minimum Gasteiger partial charge on any atom is -0.285 e. The number of benzene rings is 1. The van der Waals surface area contributed by atoms with Crippen molar-refractivity contribution in [2.75, 3.05) is 0 Å². The second-order valence-corrected chi connectivity index (χ2v) is 2.37. The lowest BCUT2D eigenvalue weighted by atomic mass is 10.2. The molecule has 0 aromatic heterocycles. The average molecular weight is 169 g/mol. The van der Waals surface area contributed by atoms with Crippen LogP contribution >= 0.6 is 0 Å². The van der Waals surface area contributed by atoms with Crippen LogP contribution in [0.15, 0.2) is 54.3 Å². The molecular weight excluding hydrogens is 160 g/mol. The van der Waals surface area contributed by atoms with Crippen LogP contribution in [0.2, 0.25) is 0 Å². The van der Waals surface area contributed by atoms with E-state index in [-0.39, 0.29) is 0 Å². The molecule has 0 amide bonds. The molecule has 13 heavy (non-hydrogen) atoms. The van der Waals surface area contributed by atoms with E-state index in [1.165, 1.54) is 6.08 Å². The van der Waals surface area contributed by atoms with E-state index >= 15 is 0 Å². The van der Waals surface area contributed by atoms with Gasteiger partial charge in [0, 0.05) is 6.08 Å². The van der Waals surface area contributed by atoms with Gasteiger partial charge in [0.2, 0.25) is 6.29 Å². The molecular formula is C12H9O. The molecule has 1 aromatic carbocycles. The lowest BCUT2D eigenvalue weighted by Crippen LogP contribution is -1.66. The Bertz CT molecular complexity index is 341. The zero-order valence-electron chi connectivity index (χ0n) is 7.10. The summed E-state index contributed by atoms with van der Waals surface area (Å²) in [5.74, 6) is 0. The minimum absolute atomic E-state index is 1.12. The Morgan fingerprint density at radius 3 is 2.62 bits per heavy atom. The van der Waals surface area contributed by atoms with Crippen LogP contribution in [0.3, 0.4) is 0 Å². The average Bonchev–Trinajstić information content (AvgIpc) is 2.19. The molecule has 0 spiro atoms. The van der Waals surface area contributed by atoms with E-state index in [0.717, 1.165) is 5.56 Å². The molecule has 1 rings (SSSR count). The molecule has 1 radical (unpaired) electrons. The van der Waals surface area contributed by atoms with E-state index in [1.54, 1.807) is 12.4 Å². The third-order valence-corrected chi connectivity index (χ3v) is 1.42. The maximum atomic E-state index is 9.75. The number of hydrogen-bond donors (Lipinski definition) is 0. The topological polar surface area (TPSA) is 17.1 Å². The first kappa shape index (κ1) is 9.24. The van der Waals surface area contributed by atoms with Crippen molar-refractivity contribution in [1.82, 2.24) is 0 Å². The van der Waals surface area contributed by atoms with Crippen LogP contribution < -0.4 is 0 Å². The Kier molecular flexibility index (Phi) is 4.09. The highest BCUT2D eigenvalue weighted by Crippen LogP contribution is 2.00. The van der Waals surface area contributed by atoms with Gasteiger partial charge < -0.3 is 0 Å². The molecule has 0 N–H and O–H groups in total. The summed E-state index contributed by atoms with van der Waals surface area (Å²) in [6.07, 6.45) is 8.24. The fourth-order valence-electron chi connectivity index (χ4n) is 0.861. The van der Waals surface area contributed by atoms with Crippen molar-refractivity contribution in [3.63, 3.8) is 0 Å². The molecule has 1 nitrogen and oxygen atoms in total. The Hall–Kier alpha value is -1.85. The number of hydrogen-bond acceptors (Lipinski definition) is 1. The Labute approximate surface area is 77.7 Å². The standard InChI is InChI=1S/C12H9O/c13-11-7-2-1-4-8-12-9-5-3-6-10-12/h1,3-10H. The van der Waals surface area contributed by atoms with Crippen LogP contribution in [0, 0.1) is 0 Å². The summed E-state index contributed by atoms with van der Waals surface area (Å²) in [5, 5.41) is 0. The second kappa shape index (κ2) is 5.76. The monoisotopic (exact) mass is 169 g/mol. The maximum Gasteiger partial charge on any atom is 0.234 e. The first-order chi connectivity index (χ1) is 6.43. The van der Waals surface area contributed by atoms with Crippen molar-refractivity contribution in [3.05, 3.63) is 59.9 Å². The smallest absolute Gasteiger partial charge is 0.234 e. The number of allylic oxidation sites excluding steroid dienone is 2. The highest BCUT2D eigenvalue weighted by atomic mass is 16.1. The zero-order chi connectivity index (χ0) is 9.36. The molecule has 0 unspecified atom stereocenters. The van der Waals surface area contributed by atoms with E-state index in [0.29, 0.717) is 0 Å². The van der Waals surface area contributed by atoms with Gasteiger partial charge in [0.25, 0.3) is 0 Å². The van der Waals surface area contributed by atoms with Crippen molar-refractivity contribution < 1.29 is 4.79 Å². The summed E-state index contributed by atoms with van der Waals surface area (Å²) in [6.45, 7) is 0. The van der Waals surface area contributed by atoms with Crippen molar-refractivity contribution in [2.45, 2.75) is 0 Å². The summed E-state index contributed by atoms with van der Waals surface area (Å²) in [6, 6.07) is 9.91. The molecule has 1 heteroatoms. The summed E-state index contributed by atoms with van der Waals surface area (Å²) < 4.78 is 0. The van der Waals surface area contributed by atoms with Gasteiger partial charge in [0.1, 0.15) is 0 Å². The molecule has 63 valence electrons. The minimum atomic E-state index is 1.12. The fraction of sp³-hybridized carbons (Fsp3) is 0. The summed E-state index contributed by atoms with van der Waals surface area (Å²) in [7, 11) is 0. The maximum absolute atomic E-state index is 9.75. The second-order valence-electron chi connectivity index (χ2n) is 2.37. The van der Waals surface area contributed by atoms with Gasteiger partial charge in [0.05, 0.1) is 0 Å². The van der Waals surface area contributed by atoms with Crippen LogP contribution in [-0.4, -0.2) is 6.29 Å². The van der Waals surface area contributed by atoms with E-state index in [1.807, 2.05) is 42.5 Å². The first-order valence-electron chi connectivity index (χ1n) is 3.94. The molecule has 0 saturated heterocycles. The SMILES string of the molecule is O=[C]C=C=CC=Cc1ccccc1. The molecule has 0 heterocycles. The third kappa shape index (κ3) is 3.90. The lowest BCUT2D eigenvalue weighted by Gasteiger charge is -1.87. The Morgan fingerprint density at radius 2 is 1.92 bits per heavy atom. The van der Waals surface area contributed by atoms with Gasteiger partial charge in [0.15, 0.2) is 0 Å². The van der Waals surface area contributed by atoms with E-state index in [2.05, 4.69) is 5.73 Å². The highest BCUT2D eigenvalue weighted by Gasteiger charge is 1.78. The van der Waals surface area contributed by atoms with Gasteiger partial charge in [-0.2, -0.15) is 0 Å². The van der Waals surface area contributed by atoms with Crippen LogP contribution in [0.25, 0.3) is 6.08 Å². The predicted molar refractivity (Wildman–Crippen MR) is 53.8 cm³/mol. The third-order valence-electron chi connectivity index (χ3n) is 1.42. The normalized spacial score (nSPS) is 9.23. The fourth-order valence-corrected chi connectivity index (χ4v) is 0.861. The van der Waals surface area contributed by atoms with E-state index < -0.39 is 0 Å². The first-order valence-corrected chi connectivity index (χ1v) is 3.94. The summed E-state index contributed by atoms with van der Waals surface area (Å²) in [4.78, 5) is 9.75. The van der Waals surface area contributed by atoms with Gasteiger partial charge in [-0.25, -0.2) is 0 Å². The molecule has 0 aliphatic rings. The Morgan fingerprint density at radius 1 is 1.15 bits per heavy atom. The molecule has 0 aliphatic carbocycles. The molecule has 1 aromatic rings. The molecule has 0 aliphatic heterocycles. The van der Waals surface area contributed by atoms with Crippen molar-refractivity contribution in [1.29, 1.82) is 0 Å². The lowest BCUT2D eigenvalue weighted by molar-refractivity contribution is 0.564. The molecule has 0 atom stereocenters. The van der Waals surface area contributed by atoms with Gasteiger partial charge >= 0.3 is 0 Å². The van der Waals surface area contributed by atoms with Crippen LogP contribution in [0.1, 0.15) is 5.56 Å². The highest BCUT2D eigenvalue weighted by molar-refractivity contribution is 5.65. The van der Waals surface area contributed by atoms with Crippen LogP contribution in [0.5, 0.6) is 0 Å². The van der Waals surface area contributed by atoms with Gasteiger partial charge in [-0.15, -0.1) is 5.73 Å². The van der Waals surface area contributed by atoms with E-state index in [4.69, 9.17) is 0 Å². The van der Waals surface area contributed by atoms with Crippen LogP contribution in [0.4, 0.5) is 0 Å². The summed E-state index contributed by atoms with van der Waals surface area (Å²) in [5.41, 5.74) is 3.77.